The molecule has 1 heterocycles. The van der Waals surface area contributed by atoms with Crippen molar-refractivity contribution in [3.63, 3.8) is 0 Å². The number of aromatic nitrogens is 3. The first-order valence-electron chi connectivity index (χ1n) is 5.17. The number of aromatic carboxylic acids is 1. The van der Waals surface area contributed by atoms with E-state index in [2.05, 4.69) is 48.6 Å². The molecule has 0 spiro atoms. The molecule has 18 heavy (non-hydrogen) atoms. The van der Waals surface area contributed by atoms with Gasteiger partial charge in [0.1, 0.15) is 5.82 Å². The summed E-state index contributed by atoms with van der Waals surface area (Å²) in [6, 6.07) is 5.70. The van der Waals surface area contributed by atoms with Crippen molar-refractivity contribution in [2.75, 3.05) is 0 Å². The second-order valence-electron chi connectivity index (χ2n) is 3.52. The Bertz CT molecular complexity index is 612. The van der Waals surface area contributed by atoms with Crippen molar-refractivity contribution in [2.45, 2.75) is 13.3 Å². The monoisotopic (exact) mass is 421 g/mol. The summed E-state index contributed by atoms with van der Waals surface area (Å²) in [7, 11) is 0. The summed E-state index contributed by atoms with van der Waals surface area (Å²) in [4.78, 5) is 14.9. The van der Waals surface area contributed by atoms with Crippen molar-refractivity contribution in [2.24, 2.45) is 0 Å². The van der Waals surface area contributed by atoms with Gasteiger partial charge in [-0.3, -0.25) is 0 Å². The summed E-state index contributed by atoms with van der Waals surface area (Å²) in [5, 5.41) is 12.9. The van der Waals surface area contributed by atoms with Gasteiger partial charge in [-0.1, -0.05) is 6.92 Å². The van der Waals surface area contributed by atoms with Gasteiger partial charge in [-0.15, -0.1) is 5.10 Å². The molecule has 0 amide bonds. The van der Waals surface area contributed by atoms with Crippen molar-refractivity contribution in [3.8, 4) is 5.69 Å². The lowest BCUT2D eigenvalue weighted by Gasteiger charge is -2.05. The first-order valence-corrected chi connectivity index (χ1v) is 7.04. The van der Waals surface area contributed by atoms with Crippen molar-refractivity contribution in [1.82, 2.24) is 14.8 Å². The van der Waals surface area contributed by atoms with Crippen LogP contribution in [0.25, 0.3) is 5.69 Å². The lowest BCUT2D eigenvalue weighted by atomic mass is 10.3. The number of benzene rings is 1. The summed E-state index contributed by atoms with van der Waals surface area (Å²) in [6.45, 7) is 1.91. The third-order valence-corrected chi connectivity index (χ3v) is 4.67. The second-order valence-corrected chi connectivity index (χ2v) is 5.54. The maximum absolute atomic E-state index is 10.9. The highest BCUT2D eigenvalue weighted by Crippen LogP contribution is 2.22. The van der Waals surface area contributed by atoms with Crippen LogP contribution in [0.5, 0.6) is 0 Å². The van der Waals surface area contributed by atoms with Crippen molar-refractivity contribution in [3.05, 3.63) is 37.9 Å². The van der Waals surface area contributed by atoms with Crippen LogP contribution in [0.3, 0.4) is 0 Å². The van der Waals surface area contributed by atoms with Gasteiger partial charge < -0.3 is 5.11 Å². The molecule has 0 aliphatic carbocycles. The second kappa shape index (κ2) is 5.35. The molecular formula is C11H9BrIN3O2. The minimum absolute atomic E-state index is 0.179. The number of rotatable bonds is 3. The van der Waals surface area contributed by atoms with Crippen LogP contribution in [0, 0.1) is 3.57 Å². The first-order chi connectivity index (χ1) is 8.52. The van der Waals surface area contributed by atoms with E-state index in [4.69, 9.17) is 5.11 Å². The normalized spacial score (nSPS) is 10.6. The van der Waals surface area contributed by atoms with Crippen LogP contribution in [0.1, 0.15) is 23.4 Å². The van der Waals surface area contributed by atoms with Gasteiger partial charge in [-0.25, -0.2) is 14.5 Å². The molecule has 2 rings (SSSR count). The van der Waals surface area contributed by atoms with E-state index in [1.807, 2.05) is 25.1 Å². The molecule has 2 aromatic rings. The first kappa shape index (κ1) is 13.5. The summed E-state index contributed by atoms with van der Waals surface area (Å²) in [5.74, 6) is -0.671. The molecule has 0 aliphatic heterocycles. The van der Waals surface area contributed by atoms with E-state index < -0.39 is 5.97 Å². The van der Waals surface area contributed by atoms with Crippen LogP contribution in [0.2, 0.25) is 0 Å². The van der Waals surface area contributed by atoms with Crippen LogP contribution in [0.4, 0.5) is 0 Å². The fraction of sp³-hybridized carbons (Fsp3) is 0.182. The van der Waals surface area contributed by atoms with Crippen molar-refractivity contribution >= 4 is 44.5 Å². The van der Waals surface area contributed by atoms with Gasteiger partial charge in [0.15, 0.2) is 0 Å². The third kappa shape index (κ3) is 2.56. The maximum atomic E-state index is 10.9. The minimum Gasteiger partial charge on any atom is -0.475 e. The highest BCUT2D eigenvalue weighted by Gasteiger charge is 2.15. The van der Waals surface area contributed by atoms with Gasteiger partial charge in [0, 0.05) is 14.5 Å². The zero-order valence-corrected chi connectivity index (χ0v) is 13.1. The average molecular weight is 422 g/mol. The van der Waals surface area contributed by atoms with Crippen LogP contribution in [-0.4, -0.2) is 25.8 Å². The molecule has 0 bridgehead atoms. The summed E-state index contributed by atoms with van der Waals surface area (Å²) in [6.07, 6.45) is 0.615. The smallest absolute Gasteiger partial charge is 0.375 e. The number of hydrogen-bond donors (Lipinski definition) is 1. The predicted molar refractivity (Wildman–Crippen MR) is 78.1 cm³/mol. The van der Waals surface area contributed by atoms with E-state index in [-0.39, 0.29) is 5.82 Å². The van der Waals surface area contributed by atoms with Crippen LogP contribution >= 0.6 is 38.5 Å². The summed E-state index contributed by atoms with van der Waals surface area (Å²) in [5.41, 5.74) is 0.791. The predicted octanol–water partition coefficient (Wildman–Crippen LogP) is 2.90. The van der Waals surface area contributed by atoms with E-state index in [1.165, 1.54) is 0 Å². The van der Waals surface area contributed by atoms with Gasteiger partial charge in [-0.05, 0) is 56.7 Å². The van der Waals surface area contributed by atoms with Gasteiger partial charge in [-0.2, -0.15) is 0 Å². The number of hydrogen-bond acceptors (Lipinski definition) is 3. The number of carboxylic acid groups (broad SMARTS) is 1. The molecule has 0 aliphatic rings. The molecule has 0 radical (unpaired) electrons. The molecule has 94 valence electrons. The molecule has 0 unspecified atom stereocenters. The maximum Gasteiger partial charge on any atom is 0.375 e. The minimum atomic E-state index is -1.12. The fourth-order valence-electron chi connectivity index (χ4n) is 1.49. The van der Waals surface area contributed by atoms with Gasteiger partial charge in [0.05, 0.1) is 5.69 Å². The molecule has 1 aromatic heterocycles. The Morgan fingerprint density at radius 3 is 2.83 bits per heavy atom. The zero-order chi connectivity index (χ0) is 13.3. The highest BCUT2D eigenvalue weighted by atomic mass is 127. The van der Waals surface area contributed by atoms with E-state index in [9.17, 15) is 4.79 Å². The van der Waals surface area contributed by atoms with Gasteiger partial charge in [0.2, 0.25) is 0 Å². The van der Waals surface area contributed by atoms with E-state index in [0.29, 0.717) is 12.2 Å². The van der Waals surface area contributed by atoms with E-state index in [1.54, 1.807) is 4.68 Å². The Labute approximate surface area is 125 Å². The Hall–Kier alpha value is -0.960. The Balaban J connectivity index is 2.55. The Morgan fingerprint density at radius 2 is 2.28 bits per heavy atom. The topological polar surface area (TPSA) is 68.0 Å². The molecule has 7 heteroatoms. The molecule has 0 saturated heterocycles. The number of carboxylic acids is 1. The van der Waals surface area contributed by atoms with Crippen molar-refractivity contribution in [1.29, 1.82) is 0 Å². The standard InChI is InChI=1S/C11H9BrIN3O2/c1-2-9-14-10(11(17)18)15-16(9)6-3-4-8(13)7(12)5-6/h3-5H,2H2,1H3,(H,17,18). The molecule has 1 N–H and O–H groups in total. The molecular weight excluding hydrogens is 413 g/mol. The summed E-state index contributed by atoms with van der Waals surface area (Å²) < 4.78 is 3.58. The number of carbonyl (C=O) groups is 1. The van der Waals surface area contributed by atoms with Gasteiger partial charge >= 0.3 is 5.97 Å². The van der Waals surface area contributed by atoms with E-state index in [0.717, 1.165) is 13.7 Å². The Morgan fingerprint density at radius 1 is 1.56 bits per heavy atom. The highest BCUT2D eigenvalue weighted by molar-refractivity contribution is 14.1. The lowest BCUT2D eigenvalue weighted by molar-refractivity contribution is 0.0683. The third-order valence-electron chi connectivity index (χ3n) is 2.33. The molecule has 5 nitrogen and oxygen atoms in total. The van der Waals surface area contributed by atoms with Crippen molar-refractivity contribution < 1.29 is 9.90 Å². The SMILES string of the molecule is CCc1nc(C(=O)O)nn1-c1ccc(I)c(Br)c1. The molecule has 1 aromatic carbocycles. The van der Waals surface area contributed by atoms with Crippen LogP contribution < -0.4 is 0 Å². The number of aryl methyl sites for hydroxylation is 1. The lowest BCUT2D eigenvalue weighted by Crippen LogP contribution is -2.03. The van der Waals surface area contributed by atoms with E-state index >= 15 is 0 Å². The van der Waals surface area contributed by atoms with Crippen LogP contribution in [0.15, 0.2) is 22.7 Å². The Kier molecular flexibility index (Phi) is 4.00. The fourth-order valence-corrected chi connectivity index (χ4v) is 2.19. The quantitative estimate of drug-likeness (QED) is 0.773. The zero-order valence-electron chi connectivity index (χ0n) is 9.39. The largest absolute Gasteiger partial charge is 0.475 e. The molecule has 0 fully saturated rings. The summed E-state index contributed by atoms with van der Waals surface area (Å²) >= 11 is 5.65. The van der Waals surface area contributed by atoms with Crippen LogP contribution in [-0.2, 0) is 6.42 Å². The molecule has 0 saturated carbocycles. The number of halogens is 2. The number of nitrogens with zero attached hydrogens (tertiary/aromatic N) is 3. The van der Waals surface area contributed by atoms with Gasteiger partial charge in [0.25, 0.3) is 5.82 Å². The molecule has 0 atom stereocenters. The average Bonchev–Trinajstić information content (AvgIpc) is 2.77.